The summed E-state index contributed by atoms with van der Waals surface area (Å²) < 4.78 is 43.3. The molecule has 0 radical (unpaired) electrons. The zero-order valence-electron chi connectivity index (χ0n) is 9.88. The second kappa shape index (κ2) is 4.73. The topological polar surface area (TPSA) is 52.3 Å². The van der Waals surface area contributed by atoms with Crippen molar-refractivity contribution in [3.05, 3.63) is 28.6 Å². The third-order valence-corrected chi connectivity index (χ3v) is 3.75. The Morgan fingerprint density at radius 3 is 2.68 bits per heavy atom. The summed E-state index contributed by atoms with van der Waals surface area (Å²) in [6.45, 7) is 1.75. The molecule has 1 aromatic carbocycles. The lowest BCUT2D eigenvalue weighted by Crippen LogP contribution is -2.04. The van der Waals surface area contributed by atoms with Gasteiger partial charge in [-0.1, -0.05) is 12.1 Å². The second-order valence-electron chi connectivity index (χ2n) is 3.75. The molecule has 3 nitrogen and oxygen atoms in total. The number of carbonyl (C=O) groups is 1. The van der Waals surface area contributed by atoms with E-state index < -0.39 is 17.7 Å². The van der Waals surface area contributed by atoms with Crippen molar-refractivity contribution in [1.29, 1.82) is 0 Å². The van der Waals surface area contributed by atoms with Crippen LogP contribution in [0.2, 0.25) is 0 Å². The molecule has 0 aliphatic carbocycles. The summed E-state index contributed by atoms with van der Waals surface area (Å²) in [6.07, 6.45) is -4.48. The smallest absolute Gasteiger partial charge is 0.417 e. The average Bonchev–Trinajstić information content (AvgIpc) is 2.66. The van der Waals surface area contributed by atoms with Crippen molar-refractivity contribution in [2.24, 2.45) is 0 Å². The molecular formula is C12H10F3NO2S. The van der Waals surface area contributed by atoms with Gasteiger partial charge in [0.25, 0.3) is 0 Å². The number of hydrogen-bond acceptors (Lipinski definition) is 4. The number of hydrogen-bond donors (Lipinski definition) is 1. The molecule has 0 fully saturated rings. The normalized spacial score (nSPS) is 11.8. The van der Waals surface area contributed by atoms with Gasteiger partial charge in [-0.2, -0.15) is 13.2 Å². The molecular weight excluding hydrogens is 279 g/mol. The van der Waals surface area contributed by atoms with Crippen molar-refractivity contribution in [2.45, 2.75) is 13.1 Å². The van der Waals surface area contributed by atoms with Gasteiger partial charge in [0, 0.05) is 10.1 Å². The van der Waals surface area contributed by atoms with E-state index in [4.69, 9.17) is 10.5 Å². The lowest BCUT2D eigenvalue weighted by Gasteiger charge is -2.06. The Hall–Kier alpha value is -1.76. The highest BCUT2D eigenvalue weighted by Crippen LogP contribution is 2.42. The van der Waals surface area contributed by atoms with Crippen molar-refractivity contribution >= 4 is 33.1 Å². The van der Waals surface area contributed by atoms with Gasteiger partial charge in [-0.3, -0.25) is 0 Å². The maximum absolute atomic E-state index is 12.9. The molecule has 0 saturated heterocycles. The van der Waals surface area contributed by atoms with Crippen molar-refractivity contribution < 1.29 is 22.7 Å². The van der Waals surface area contributed by atoms with E-state index in [-0.39, 0.29) is 27.3 Å². The molecule has 102 valence electrons. The van der Waals surface area contributed by atoms with Gasteiger partial charge in [0.05, 0.1) is 17.9 Å². The predicted octanol–water partition coefficient (Wildman–Crippen LogP) is 3.68. The van der Waals surface area contributed by atoms with Crippen LogP contribution in [0.1, 0.15) is 22.2 Å². The number of alkyl halides is 3. The molecule has 0 atom stereocenters. The first kappa shape index (κ1) is 13.7. The summed E-state index contributed by atoms with van der Waals surface area (Å²) >= 11 is 0.706. The van der Waals surface area contributed by atoms with Gasteiger partial charge in [-0.25, -0.2) is 4.79 Å². The molecule has 0 unspecified atom stereocenters. The molecule has 19 heavy (non-hydrogen) atoms. The van der Waals surface area contributed by atoms with E-state index in [1.807, 2.05) is 0 Å². The van der Waals surface area contributed by atoms with Crippen LogP contribution in [-0.4, -0.2) is 12.6 Å². The third-order valence-electron chi connectivity index (χ3n) is 2.52. The van der Waals surface area contributed by atoms with Gasteiger partial charge in [0.15, 0.2) is 0 Å². The summed E-state index contributed by atoms with van der Waals surface area (Å²) in [5, 5.41) is 0.225. The fourth-order valence-electron chi connectivity index (χ4n) is 1.71. The van der Waals surface area contributed by atoms with Gasteiger partial charge in [-0.15, -0.1) is 11.3 Å². The first-order valence-electron chi connectivity index (χ1n) is 5.41. The summed E-state index contributed by atoms with van der Waals surface area (Å²) in [7, 11) is 0. The molecule has 1 aromatic heterocycles. The van der Waals surface area contributed by atoms with E-state index in [0.717, 1.165) is 6.07 Å². The average molecular weight is 289 g/mol. The largest absolute Gasteiger partial charge is 0.462 e. The van der Waals surface area contributed by atoms with Gasteiger partial charge in [0.2, 0.25) is 0 Å². The highest BCUT2D eigenvalue weighted by Gasteiger charge is 2.34. The van der Waals surface area contributed by atoms with Crippen molar-refractivity contribution in [2.75, 3.05) is 12.3 Å². The number of rotatable bonds is 2. The van der Waals surface area contributed by atoms with Gasteiger partial charge < -0.3 is 10.5 Å². The molecule has 0 saturated carbocycles. The van der Waals surface area contributed by atoms with Crippen LogP contribution in [0.5, 0.6) is 0 Å². The molecule has 2 aromatic rings. The van der Waals surface area contributed by atoms with E-state index in [1.165, 1.54) is 12.1 Å². The number of benzene rings is 1. The van der Waals surface area contributed by atoms with E-state index in [1.54, 1.807) is 6.92 Å². The number of anilines is 1. The van der Waals surface area contributed by atoms with Crippen LogP contribution in [0.4, 0.5) is 18.9 Å². The number of fused-ring (bicyclic) bond motifs is 1. The molecule has 0 aliphatic rings. The van der Waals surface area contributed by atoms with E-state index in [0.29, 0.717) is 11.3 Å². The maximum atomic E-state index is 12.9. The summed E-state index contributed by atoms with van der Waals surface area (Å²) in [4.78, 5) is 11.6. The molecule has 7 heteroatoms. The van der Waals surface area contributed by atoms with Crippen molar-refractivity contribution in [1.82, 2.24) is 0 Å². The maximum Gasteiger partial charge on any atom is 0.417 e. The predicted molar refractivity (Wildman–Crippen MR) is 67.2 cm³/mol. The van der Waals surface area contributed by atoms with Crippen LogP contribution < -0.4 is 5.73 Å². The summed E-state index contributed by atoms with van der Waals surface area (Å²) in [6, 6.07) is 3.69. The zero-order chi connectivity index (χ0) is 14.2. The quantitative estimate of drug-likeness (QED) is 0.858. The molecule has 1 heterocycles. The number of nitrogens with two attached hydrogens (primary N) is 1. The van der Waals surface area contributed by atoms with Gasteiger partial charge >= 0.3 is 12.1 Å². The van der Waals surface area contributed by atoms with Crippen LogP contribution in [0.3, 0.4) is 0 Å². The third kappa shape index (κ3) is 2.37. The van der Waals surface area contributed by atoms with Gasteiger partial charge in [-0.05, 0) is 13.0 Å². The Kier molecular flexibility index (Phi) is 3.40. The van der Waals surface area contributed by atoms with E-state index in [2.05, 4.69) is 0 Å². The molecule has 0 amide bonds. The fourth-order valence-corrected chi connectivity index (χ4v) is 2.86. The van der Waals surface area contributed by atoms with Crippen LogP contribution in [0.25, 0.3) is 10.1 Å². The lowest BCUT2D eigenvalue weighted by molar-refractivity contribution is -0.136. The molecule has 2 N–H and O–H groups in total. The minimum Gasteiger partial charge on any atom is -0.462 e. The Bertz CT molecular complexity index is 634. The number of carbonyl (C=O) groups excluding carboxylic acids is 1. The van der Waals surface area contributed by atoms with Crippen LogP contribution in [-0.2, 0) is 10.9 Å². The van der Waals surface area contributed by atoms with Gasteiger partial charge in [0.1, 0.15) is 4.88 Å². The Morgan fingerprint density at radius 1 is 1.42 bits per heavy atom. The minimum atomic E-state index is -4.48. The number of nitrogen functional groups attached to an aromatic ring is 1. The molecule has 0 aliphatic heterocycles. The molecule has 0 spiro atoms. The van der Waals surface area contributed by atoms with Crippen molar-refractivity contribution in [3.63, 3.8) is 0 Å². The first-order valence-corrected chi connectivity index (χ1v) is 6.23. The van der Waals surface area contributed by atoms with Crippen LogP contribution in [0, 0.1) is 0 Å². The number of thiophene rings is 1. The highest BCUT2D eigenvalue weighted by molar-refractivity contribution is 7.21. The Labute approximate surface area is 110 Å². The number of ether oxygens (including phenoxy) is 1. The molecule has 2 rings (SSSR count). The monoisotopic (exact) mass is 289 g/mol. The highest BCUT2D eigenvalue weighted by atomic mass is 32.1. The first-order chi connectivity index (χ1) is 8.86. The number of halogens is 3. The van der Waals surface area contributed by atoms with Crippen LogP contribution in [0.15, 0.2) is 18.2 Å². The number of esters is 1. The van der Waals surface area contributed by atoms with E-state index in [9.17, 15) is 18.0 Å². The van der Waals surface area contributed by atoms with Crippen LogP contribution >= 0.6 is 11.3 Å². The summed E-state index contributed by atoms with van der Waals surface area (Å²) in [5.74, 6) is -0.700. The standard InChI is InChI=1S/C12H10F3NO2S/c1-2-18-11(17)10-8(16)6-4-3-5-7(9(6)19-10)12(13,14)15/h3-5H,2,16H2,1H3. The SMILES string of the molecule is CCOC(=O)c1sc2c(C(F)(F)F)cccc2c1N. The van der Waals surface area contributed by atoms with E-state index >= 15 is 0 Å². The lowest BCUT2D eigenvalue weighted by atomic mass is 10.1. The summed E-state index contributed by atoms with van der Waals surface area (Å²) in [5.41, 5.74) is 4.96. The molecule has 0 bridgehead atoms. The Balaban J connectivity index is 2.66. The zero-order valence-corrected chi connectivity index (χ0v) is 10.7. The van der Waals surface area contributed by atoms with Crippen molar-refractivity contribution in [3.8, 4) is 0 Å². The second-order valence-corrected chi connectivity index (χ2v) is 4.77. The Morgan fingerprint density at radius 2 is 2.11 bits per heavy atom. The minimum absolute atomic E-state index is 0.00792. The fraction of sp³-hybridized carbons (Fsp3) is 0.250.